The molecule has 0 bridgehead atoms. The van der Waals surface area contributed by atoms with Gasteiger partial charge in [0.1, 0.15) is 5.82 Å². The van der Waals surface area contributed by atoms with Gasteiger partial charge >= 0.3 is 0 Å². The van der Waals surface area contributed by atoms with Crippen molar-refractivity contribution in [1.82, 2.24) is 25.7 Å². The van der Waals surface area contributed by atoms with Gasteiger partial charge in [0.25, 0.3) is 5.91 Å². The average Bonchev–Trinajstić information content (AvgIpc) is 3.21. The van der Waals surface area contributed by atoms with E-state index in [1.54, 1.807) is 6.07 Å². The number of hydrogen-bond donors (Lipinski definition) is 3. The molecule has 0 aliphatic carbocycles. The van der Waals surface area contributed by atoms with E-state index in [-0.39, 0.29) is 35.4 Å². The molecule has 2 atom stereocenters. The molecule has 9 heteroatoms. The number of nitrogens with one attached hydrogen (secondary N) is 3. The molecule has 0 saturated carbocycles. The normalized spacial score (nSPS) is 22.2. The number of carbonyl (C=O) groups excluding carboxylic acids is 1. The van der Waals surface area contributed by atoms with Crippen LogP contribution < -0.4 is 10.6 Å². The molecular weight excluding hydrogens is 392 g/mol. The molecule has 2 aliphatic rings. The molecule has 3 heterocycles. The van der Waals surface area contributed by atoms with E-state index in [1.807, 2.05) is 13.1 Å². The summed E-state index contributed by atoms with van der Waals surface area (Å²) in [6, 6.07) is 4.62. The number of H-pyrrole nitrogens is 1. The maximum absolute atomic E-state index is 13.9. The van der Waals surface area contributed by atoms with Crippen molar-refractivity contribution >= 4 is 29.9 Å². The Bertz CT molecular complexity index is 843. The fourth-order valence-electron chi connectivity index (χ4n) is 3.93. The Balaban J connectivity index is 0.00000210. The Morgan fingerprint density at radius 3 is 3.04 bits per heavy atom. The third-order valence-electron chi connectivity index (χ3n) is 5.27. The lowest BCUT2D eigenvalue weighted by Crippen LogP contribution is -2.39. The van der Waals surface area contributed by atoms with Crippen LogP contribution in [-0.4, -0.2) is 47.2 Å². The molecule has 1 saturated heterocycles. The predicted octanol–water partition coefficient (Wildman–Crippen LogP) is 2.44. The van der Waals surface area contributed by atoms with E-state index in [2.05, 4.69) is 25.7 Å². The van der Waals surface area contributed by atoms with Crippen molar-refractivity contribution in [2.75, 3.05) is 20.1 Å². The topological polar surface area (TPSA) is 73.0 Å². The molecule has 1 aromatic heterocycles. The number of benzene rings is 1. The van der Waals surface area contributed by atoms with E-state index >= 15 is 0 Å². The SMILES string of the molecule is CN1CCC(NC(=O)c2n[nH]c3c2CNCC3)C1c1ccc(Cl)c(F)c1.Cl. The highest BCUT2D eigenvalue weighted by atomic mass is 35.5. The second-order valence-corrected chi connectivity index (χ2v) is 7.33. The molecule has 1 amide bonds. The Morgan fingerprint density at radius 1 is 1.44 bits per heavy atom. The van der Waals surface area contributed by atoms with Crippen LogP contribution >= 0.6 is 24.0 Å². The van der Waals surface area contributed by atoms with Crippen LogP contribution in [0, 0.1) is 5.82 Å². The van der Waals surface area contributed by atoms with Crippen LogP contribution in [0.25, 0.3) is 0 Å². The Hall–Kier alpha value is -1.67. The van der Waals surface area contributed by atoms with Gasteiger partial charge < -0.3 is 10.6 Å². The Labute approximate surface area is 168 Å². The number of hydrogen-bond acceptors (Lipinski definition) is 4. The molecule has 2 unspecified atom stereocenters. The maximum atomic E-state index is 13.9. The zero-order valence-electron chi connectivity index (χ0n) is 14.9. The zero-order valence-corrected chi connectivity index (χ0v) is 16.5. The van der Waals surface area contributed by atoms with Crippen molar-refractivity contribution in [3.05, 3.63) is 51.6 Å². The number of aromatic amines is 1. The molecule has 3 N–H and O–H groups in total. The standard InChI is InChI=1S/C18H21ClFN5O.ClH/c1-25-7-5-15(17(25)10-2-3-12(19)13(20)8-10)22-18(26)16-11-9-21-6-4-14(11)23-24-16;/h2-3,8,15,17,21H,4-7,9H2,1H3,(H,22,26)(H,23,24);1H. The van der Waals surface area contributed by atoms with Crippen LogP contribution in [-0.2, 0) is 13.0 Å². The lowest BCUT2D eigenvalue weighted by Gasteiger charge is -2.26. The molecule has 2 aromatic rings. The van der Waals surface area contributed by atoms with Crippen molar-refractivity contribution in [3.8, 4) is 0 Å². The first kappa shape index (κ1) is 20.1. The summed E-state index contributed by atoms with van der Waals surface area (Å²) < 4.78 is 13.9. The van der Waals surface area contributed by atoms with Crippen molar-refractivity contribution in [3.63, 3.8) is 0 Å². The quantitative estimate of drug-likeness (QED) is 0.722. The minimum absolute atomic E-state index is 0. The first-order valence-electron chi connectivity index (χ1n) is 8.77. The highest BCUT2D eigenvalue weighted by Gasteiger charge is 2.35. The van der Waals surface area contributed by atoms with Gasteiger partial charge in [0.2, 0.25) is 0 Å². The van der Waals surface area contributed by atoms with Crippen LogP contribution in [0.15, 0.2) is 18.2 Å². The molecule has 1 aromatic carbocycles. The molecule has 0 spiro atoms. The monoisotopic (exact) mass is 413 g/mol. The maximum Gasteiger partial charge on any atom is 0.272 e. The van der Waals surface area contributed by atoms with Crippen LogP contribution in [0.1, 0.15) is 39.8 Å². The van der Waals surface area contributed by atoms with E-state index in [0.717, 1.165) is 42.8 Å². The lowest BCUT2D eigenvalue weighted by atomic mass is 9.99. The fraction of sp³-hybridized carbons (Fsp3) is 0.444. The van der Waals surface area contributed by atoms with Gasteiger partial charge in [0, 0.05) is 37.3 Å². The van der Waals surface area contributed by atoms with E-state index in [4.69, 9.17) is 11.6 Å². The molecule has 1 fully saturated rings. The van der Waals surface area contributed by atoms with Crippen LogP contribution in [0.4, 0.5) is 4.39 Å². The first-order valence-corrected chi connectivity index (χ1v) is 9.15. The highest BCUT2D eigenvalue weighted by molar-refractivity contribution is 6.30. The summed E-state index contributed by atoms with van der Waals surface area (Å²) in [5, 5.41) is 13.7. The molecular formula is C18H22Cl2FN5O. The van der Waals surface area contributed by atoms with Gasteiger partial charge in [-0.05, 0) is 31.2 Å². The van der Waals surface area contributed by atoms with Crippen molar-refractivity contribution in [1.29, 1.82) is 0 Å². The smallest absolute Gasteiger partial charge is 0.272 e. The number of halogens is 3. The molecule has 6 nitrogen and oxygen atoms in total. The van der Waals surface area contributed by atoms with Gasteiger partial charge in [-0.1, -0.05) is 17.7 Å². The summed E-state index contributed by atoms with van der Waals surface area (Å²) in [5.74, 6) is -0.632. The van der Waals surface area contributed by atoms with E-state index in [1.165, 1.54) is 6.07 Å². The number of likely N-dealkylation sites (tertiary alicyclic amines) is 1. The number of carbonyl (C=O) groups is 1. The molecule has 27 heavy (non-hydrogen) atoms. The van der Waals surface area contributed by atoms with Gasteiger partial charge in [-0.25, -0.2) is 4.39 Å². The van der Waals surface area contributed by atoms with Gasteiger partial charge in [-0.15, -0.1) is 12.4 Å². The minimum Gasteiger partial charge on any atom is -0.346 e. The molecule has 146 valence electrons. The number of likely N-dealkylation sites (N-methyl/N-ethyl adjacent to an activating group) is 1. The third kappa shape index (κ3) is 3.82. The van der Waals surface area contributed by atoms with Gasteiger partial charge in [-0.2, -0.15) is 5.10 Å². The second-order valence-electron chi connectivity index (χ2n) is 6.92. The fourth-order valence-corrected chi connectivity index (χ4v) is 4.05. The first-order chi connectivity index (χ1) is 12.5. The summed E-state index contributed by atoms with van der Waals surface area (Å²) in [5.41, 5.74) is 3.22. The van der Waals surface area contributed by atoms with E-state index in [0.29, 0.717) is 12.2 Å². The predicted molar refractivity (Wildman–Crippen MR) is 104 cm³/mol. The Morgan fingerprint density at radius 2 is 2.26 bits per heavy atom. The number of nitrogens with zero attached hydrogens (tertiary/aromatic N) is 2. The second kappa shape index (κ2) is 8.14. The molecule has 0 radical (unpaired) electrons. The van der Waals surface area contributed by atoms with Gasteiger partial charge in [0.15, 0.2) is 5.69 Å². The van der Waals surface area contributed by atoms with E-state index in [9.17, 15) is 9.18 Å². The molecule has 4 rings (SSSR count). The van der Waals surface area contributed by atoms with Crippen LogP contribution in [0.5, 0.6) is 0 Å². The summed E-state index contributed by atoms with van der Waals surface area (Å²) in [4.78, 5) is 14.9. The third-order valence-corrected chi connectivity index (χ3v) is 5.58. The molecule has 2 aliphatic heterocycles. The number of aromatic nitrogens is 2. The summed E-state index contributed by atoms with van der Waals surface area (Å²) in [6.07, 6.45) is 1.64. The number of rotatable bonds is 3. The minimum atomic E-state index is -0.443. The lowest BCUT2D eigenvalue weighted by molar-refractivity contribution is 0.0921. The zero-order chi connectivity index (χ0) is 18.3. The van der Waals surface area contributed by atoms with Crippen molar-refractivity contribution in [2.24, 2.45) is 0 Å². The van der Waals surface area contributed by atoms with Gasteiger partial charge in [0.05, 0.1) is 17.1 Å². The summed E-state index contributed by atoms with van der Waals surface area (Å²) in [6.45, 7) is 2.35. The van der Waals surface area contributed by atoms with Crippen molar-refractivity contribution < 1.29 is 9.18 Å². The largest absolute Gasteiger partial charge is 0.346 e. The van der Waals surface area contributed by atoms with Crippen LogP contribution in [0.2, 0.25) is 5.02 Å². The van der Waals surface area contributed by atoms with Crippen molar-refractivity contribution in [2.45, 2.75) is 31.5 Å². The highest BCUT2D eigenvalue weighted by Crippen LogP contribution is 2.33. The number of fused-ring (bicyclic) bond motifs is 1. The van der Waals surface area contributed by atoms with E-state index < -0.39 is 5.82 Å². The number of amides is 1. The summed E-state index contributed by atoms with van der Waals surface area (Å²) >= 11 is 5.80. The average molecular weight is 414 g/mol. The van der Waals surface area contributed by atoms with Gasteiger partial charge in [-0.3, -0.25) is 14.8 Å². The Kier molecular flexibility index (Phi) is 6.05. The summed E-state index contributed by atoms with van der Waals surface area (Å²) in [7, 11) is 1.98. The van der Waals surface area contributed by atoms with Crippen LogP contribution in [0.3, 0.4) is 0 Å².